The Morgan fingerprint density at radius 3 is 2.73 bits per heavy atom. The molecule has 1 nitrogen and oxygen atoms in total. The maximum atomic E-state index is 5.55. The van der Waals surface area contributed by atoms with Crippen LogP contribution in [-0.4, -0.2) is 19.6 Å². The molecule has 0 amide bonds. The second-order valence-corrected chi connectivity index (χ2v) is 3.16. The maximum Gasteiger partial charge on any atom is 0.0524 e. The summed E-state index contributed by atoms with van der Waals surface area (Å²) in [6, 6.07) is 0. The van der Waals surface area contributed by atoms with E-state index in [0.29, 0.717) is 11.8 Å². The summed E-state index contributed by atoms with van der Waals surface area (Å²) in [5.41, 5.74) is 1.37. The fourth-order valence-corrected chi connectivity index (χ4v) is 0.974. The number of hydrogen-bond donors (Lipinski definition) is 0. The summed E-state index contributed by atoms with van der Waals surface area (Å²) >= 11 is 5.55. The van der Waals surface area contributed by atoms with Gasteiger partial charge in [-0.2, -0.15) is 0 Å². The van der Waals surface area contributed by atoms with Gasteiger partial charge in [0, 0.05) is 18.9 Å². The van der Waals surface area contributed by atoms with Crippen molar-refractivity contribution >= 4 is 11.6 Å². The van der Waals surface area contributed by atoms with Crippen LogP contribution in [0, 0.1) is 5.92 Å². The summed E-state index contributed by atoms with van der Waals surface area (Å²) in [4.78, 5) is 0. The molecule has 0 rings (SSSR count). The molecule has 0 aliphatic rings. The zero-order chi connectivity index (χ0) is 8.69. The van der Waals surface area contributed by atoms with Crippen molar-refractivity contribution < 1.29 is 4.74 Å². The molecule has 2 heteroatoms. The molecule has 1 unspecified atom stereocenters. The number of hydrogen-bond acceptors (Lipinski definition) is 1. The largest absolute Gasteiger partial charge is 0.384 e. The van der Waals surface area contributed by atoms with E-state index >= 15 is 0 Å². The highest BCUT2D eigenvalue weighted by Gasteiger charge is 2.01. The van der Waals surface area contributed by atoms with Gasteiger partial charge in [0.15, 0.2) is 0 Å². The van der Waals surface area contributed by atoms with Crippen LogP contribution in [0.2, 0.25) is 0 Å². The van der Waals surface area contributed by atoms with Gasteiger partial charge < -0.3 is 4.74 Å². The molecule has 0 aromatic rings. The zero-order valence-corrected chi connectivity index (χ0v) is 8.32. The molecule has 66 valence electrons. The Balaban J connectivity index is 3.69. The first-order chi connectivity index (χ1) is 5.22. The first kappa shape index (κ1) is 11.0. The lowest BCUT2D eigenvalue weighted by atomic mass is 10.0. The van der Waals surface area contributed by atoms with Gasteiger partial charge in [0.1, 0.15) is 0 Å². The van der Waals surface area contributed by atoms with Crippen LogP contribution in [0.25, 0.3) is 0 Å². The van der Waals surface area contributed by atoms with E-state index in [1.165, 1.54) is 5.57 Å². The smallest absolute Gasteiger partial charge is 0.0524 e. The van der Waals surface area contributed by atoms with E-state index in [9.17, 15) is 0 Å². The molecule has 11 heavy (non-hydrogen) atoms. The number of ether oxygens (including phenoxy) is 1. The molecular weight excluding hydrogens is 160 g/mol. The Labute approximate surface area is 74.4 Å². The standard InChI is InChI=1S/C9H17ClO/c1-8(5-4-6-10)9(2)7-11-3/h5,9H,4,6-7H2,1-3H3. The zero-order valence-electron chi connectivity index (χ0n) is 7.56. The van der Waals surface area contributed by atoms with Crippen LogP contribution in [0.1, 0.15) is 20.3 Å². The van der Waals surface area contributed by atoms with Crippen LogP contribution in [0.4, 0.5) is 0 Å². The molecule has 0 aromatic heterocycles. The third-order valence-corrected chi connectivity index (χ3v) is 1.99. The van der Waals surface area contributed by atoms with Crippen molar-refractivity contribution in [1.29, 1.82) is 0 Å². The molecule has 0 radical (unpaired) electrons. The number of alkyl halides is 1. The van der Waals surface area contributed by atoms with Crippen LogP contribution in [0.3, 0.4) is 0 Å². The minimum atomic E-state index is 0.517. The van der Waals surface area contributed by atoms with E-state index < -0.39 is 0 Å². The Morgan fingerprint density at radius 2 is 2.27 bits per heavy atom. The van der Waals surface area contributed by atoms with Crippen LogP contribution >= 0.6 is 11.6 Å². The number of halogens is 1. The van der Waals surface area contributed by atoms with Gasteiger partial charge in [-0.1, -0.05) is 18.6 Å². The molecule has 0 aliphatic heterocycles. The number of allylic oxidation sites excluding steroid dienone is 1. The van der Waals surface area contributed by atoms with Crippen molar-refractivity contribution in [3.8, 4) is 0 Å². The molecule has 0 saturated carbocycles. The Bertz CT molecular complexity index is 121. The van der Waals surface area contributed by atoms with Crippen molar-refractivity contribution in [2.24, 2.45) is 5.92 Å². The van der Waals surface area contributed by atoms with E-state index in [0.717, 1.165) is 13.0 Å². The van der Waals surface area contributed by atoms with Gasteiger partial charge in [0.25, 0.3) is 0 Å². The summed E-state index contributed by atoms with van der Waals surface area (Å²) in [5, 5.41) is 0. The van der Waals surface area contributed by atoms with Crippen molar-refractivity contribution in [3.05, 3.63) is 11.6 Å². The molecule has 0 bridgehead atoms. The topological polar surface area (TPSA) is 9.23 Å². The first-order valence-electron chi connectivity index (χ1n) is 3.94. The molecule has 0 spiro atoms. The first-order valence-corrected chi connectivity index (χ1v) is 4.47. The lowest BCUT2D eigenvalue weighted by Crippen LogP contribution is -2.04. The van der Waals surface area contributed by atoms with Crippen LogP contribution in [0.5, 0.6) is 0 Å². The maximum absolute atomic E-state index is 5.55. The van der Waals surface area contributed by atoms with Gasteiger partial charge in [-0.05, 0) is 13.3 Å². The minimum absolute atomic E-state index is 0.517. The molecule has 0 N–H and O–H groups in total. The van der Waals surface area contributed by atoms with E-state index in [2.05, 4.69) is 19.9 Å². The lowest BCUT2D eigenvalue weighted by Gasteiger charge is -2.10. The lowest BCUT2D eigenvalue weighted by molar-refractivity contribution is 0.172. The average Bonchev–Trinajstić information content (AvgIpc) is 2.00. The van der Waals surface area contributed by atoms with Crippen LogP contribution < -0.4 is 0 Å². The normalized spacial score (nSPS) is 15.1. The minimum Gasteiger partial charge on any atom is -0.384 e. The van der Waals surface area contributed by atoms with Gasteiger partial charge in [-0.15, -0.1) is 11.6 Å². The van der Waals surface area contributed by atoms with Crippen molar-refractivity contribution in [1.82, 2.24) is 0 Å². The van der Waals surface area contributed by atoms with Crippen molar-refractivity contribution in [2.75, 3.05) is 19.6 Å². The van der Waals surface area contributed by atoms with E-state index in [1.807, 2.05) is 0 Å². The molecule has 1 atom stereocenters. The Hall–Kier alpha value is -0.0100. The number of rotatable bonds is 5. The van der Waals surface area contributed by atoms with Gasteiger partial charge in [-0.25, -0.2) is 0 Å². The van der Waals surface area contributed by atoms with E-state index in [-0.39, 0.29) is 0 Å². The van der Waals surface area contributed by atoms with Gasteiger partial charge in [-0.3, -0.25) is 0 Å². The monoisotopic (exact) mass is 176 g/mol. The Kier molecular flexibility index (Phi) is 6.68. The van der Waals surface area contributed by atoms with Crippen molar-refractivity contribution in [2.45, 2.75) is 20.3 Å². The highest BCUT2D eigenvalue weighted by atomic mass is 35.5. The van der Waals surface area contributed by atoms with Crippen LogP contribution in [0.15, 0.2) is 11.6 Å². The predicted molar refractivity (Wildman–Crippen MR) is 50.1 cm³/mol. The fraction of sp³-hybridized carbons (Fsp3) is 0.778. The third-order valence-electron chi connectivity index (χ3n) is 1.77. The summed E-state index contributed by atoms with van der Waals surface area (Å²) in [5.74, 6) is 1.22. The summed E-state index contributed by atoms with van der Waals surface area (Å²) in [7, 11) is 1.73. The summed E-state index contributed by atoms with van der Waals surface area (Å²) in [6.07, 6.45) is 3.14. The van der Waals surface area contributed by atoms with Gasteiger partial charge in [0.2, 0.25) is 0 Å². The third kappa shape index (κ3) is 5.28. The summed E-state index contributed by atoms with van der Waals surface area (Å²) < 4.78 is 5.03. The quantitative estimate of drug-likeness (QED) is 0.463. The van der Waals surface area contributed by atoms with E-state index in [1.54, 1.807) is 7.11 Å². The number of methoxy groups -OCH3 is 1. The molecule has 0 aromatic carbocycles. The highest BCUT2D eigenvalue weighted by Crippen LogP contribution is 2.10. The predicted octanol–water partition coefficient (Wildman–Crippen LogP) is 2.84. The van der Waals surface area contributed by atoms with Crippen LogP contribution in [-0.2, 0) is 4.74 Å². The molecule has 0 aliphatic carbocycles. The molecule has 0 saturated heterocycles. The van der Waals surface area contributed by atoms with Gasteiger partial charge in [0.05, 0.1) is 6.61 Å². The Morgan fingerprint density at radius 1 is 1.64 bits per heavy atom. The molecular formula is C9H17ClO. The average molecular weight is 177 g/mol. The van der Waals surface area contributed by atoms with Gasteiger partial charge >= 0.3 is 0 Å². The second-order valence-electron chi connectivity index (χ2n) is 2.78. The summed E-state index contributed by atoms with van der Waals surface area (Å²) in [6.45, 7) is 5.07. The highest BCUT2D eigenvalue weighted by molar-refractivity contribution is 6.17. The van der Waals surface area contributed by atoms with E-state index in [4.69, 9.17) is 16.3 Å². The SMILES string of the molecule is COCC(C)C(C)=CCCCl. The van der Waals surface area contributed by atoms with Crippen molar-refractivity contribution in [3.63, 3.8) is 0 Å². The molecule has 0 fully saturated rings. The fourth-order valence-electron chi connectivity index (χ4n) is 0.865. The second kappa shape index (κ2) is 6.68. The molecule has 0 heterocycles.